The third-order valence-corrected chi connectivity index (χ3v) is 2.41. The van der Waals surface area contributed by atoms with E-state index >= 15 is 0 Å². The van der Waals surface area contributed by atoms with Gasteiger partial charge in [0.05, 0.1) is 0 Å². The highest BCUT2D eigenvalue weighted by Crippen LogP contribution is 2.26. The van der Waals surface area contributed by atoms with Crippen LogP contribution in [0.2, 0.25) is 0 Å². The fourth-order valence-electron chi connectivity index (χ4n) is 1.84. The molecule has 1 aromatic rings. The normalized spacial score (nSPS) is 14.9. The Morgan fingerprint density at radius 3 is 2.85 bits per heavy atom. The molecular weight excluding hydrogens is 164 g/mol. The molecule has 0 aromatic heterocycles. The fraction of sp³-hybridized carbons (Fsp3) is 0.300. The molecule has 2 N–H and O–H groups in total. The van der Waals surface area contributed by atoms with Gasteiger partial charge in [-0.15, -0.1) is 0 Å². The SMILES string of the molecule is Cc1cc(N)cc2c1C(=O)N(C)C2. The molecule has 13 heavy (non-hydrogen) atoms. The molecule has 2 rings (SSSR count). The number of nitrogens with zero attached hydrogens (tertiary/aromatic N) is 1. The highest BCUT2D eigenvalue weighted by atomic mass is 16.2. The summed E-state index contributed by atoms with van der Waals surface area (Å²) in [4.78, 5) is 13.3. The minimum Gasteiger partial charge on any atom is -0.399 e. The first kappa shape index (κ1) is 8.10. The van der Waals surface area contributed by atoms with Gasteiger partial charge in [0, 0.05) is 24.8 Å². The molecule has 0 fully saturated rings. The van der Waals surface area contributed by atoms with Gasteiger partial charge >= 0.3 is 0 Å². The Balaban J connectivity index is 2.64. The van der Waals surface area contributed by atoms with Crippen molar-refractivity contribution in [3.8, 4) is 0 Å². The number of carbonyl (C=O) groups excluding carboxylic acids is 1. The van der Waals surface area contributed by atoms with Crippen LogP contribution in [0, 0.1) is 6.92 Å². The maximum absolute atomic E-state index is 11.6. The van der Waals surface area contributed by atoms with Crippen molar-refractivity contribution in [1.82, 2.24) is 4.90 Å². The third-order valence-electron chi connectivity index (χ3n) is 2.41. The minimum absolute atomic E-state index is 0.104. The Hall–Kier alpha value is -1.51. The van der Waals surface area contributed by atoms with Crippen LogP contribution in [0.15, 0.2) is 12.1 Å². The zero-order valence-corrected chi connectivity index (χ0v) is 7.79. The quantitative estimate of drug-likeness (QED) is 0.603. The monoisotopic (exact) mass is 176 g/mol. The van der Waals surface area contributed by atoms with E-state index in [2.05, 4.69) is 0 Å². The molecule has 0 atom stereocenters. The van der Waals surface area contributed by atoms with Crippen LogP contribution in [0.3, 0.4) is 0 Å². The van der Waals surface area contributed by atoms with E-state index in [1.165, 1.54) is 0 Å². The van der Waals surface area contributed by atoms with Gasteiger partial charge in [0.2, 0.25) is 0 Å². The Kier molecular flexibility index (Phi) is 1.55. The summed E-state index contributed by atoms with van der Waals surface area (Å²) in [5.41, 5.74) is 9.28. The van der Waals surface area contributed by atoms with Crippen molar-refractivity contribution in [1.29, 1.82) is 0 Å². The lowest BCUT2D eigenvalue weighted by atomic mass is 10.0. The van der Waals surface area contributed by atoms with E-state index in [1.807, 2.05) is 19.1 Å². The Bertz CT molecular complexity index is 385. The van der Waals surface area contributed by atoms with E-state index in [4.69, 9.17) is 5.73 Å². The molecule has 0 aliphatic carbocycles. The van der Waals surface area contributed by atoms with Gasteiger partial charge in [-0.25, -0.2) is 0 Å². The van der Waals surface area contributed by atoms with Crippen LogP contribution in [0.25, 0.3) is 0 Å². The van der Waals surface area contributed by atoms with Crippen molar-refractivity contribution in [3.05, 3.63) is 28.8 Å². The molecular formula is C10H12N2O. The summed E-state index contributed by atoms with van der Waals surface area (Å²) in [6.45, 7) is 2.60. The van der Waals surface area contributed by atoms with Crippen LogP contribution < -0.4 is 5.73 Å². The lowest BCUT2D eigenvalue weighted by Crippen LogP contribution is -2.17. The molecule has 3 nitrogen and oxygen atoms in total. The summed E-state index contributed by atoms with van der Waals surface area (Å²) >= 11 is 0. The lowest BCUT2D eigenvalue weighted by molar-refractivity contribution is 0.0816. The van der Waals surface area contributed by atoms with Crippen molar-refractivity contribution in [2.45, 2.75) is 13.5 Å². The number of hydrogen-bond acceptors (Lipinski definition) is 2. The fourth-order valence-corrected chi connectivity index (χ4v) is 1.84. The molecule has 0 saturated heterocycles. The van der Waals surface area contributed by atoms with Crippen LogP contribution in [0.5, 0.6) is 0 Å². The zero-order chi connectivity index (χ0) is 9.59. The van der Waals surface area contributed by atoms with Crippen molar-refractivity contribution >= 4 is 11.6 Å². The topological polar surface area (TPSA) is 46.3 Å². The first-order chi connectivity index (χ1) is 6.09. The second-order valence-electron chi connectivity index (χ2n) is 3.53. The van der Waals surface area contributed by atoms with Gasteiger partial charge in [0.1, 0.15) is 0 Å². The number of fused-ring (bicyclic) bond motifs is 1. The molecule has 0 unspecified atom stereocenters. The number of benzene rings is 1. The van der Waals surface area contributed by atoms with Crippen molar-refractivity contribution in [2.24, 2.45) is 0 Å². The average Bonchev–Trinajstić information content (AvgIpc) is 2.27. The maximum atomic E-state index is 11.6. The molecule has 1 amide bonds. The van der Waals surface area contributed by atoms with Gasteiger partial charge in [-0.2, -0.15) is 0 Å². The van der Waals surface area contributed by atoms with Gasteiger partial charge in [0.15, 0.2) is 0 Å². The molecule has 1 heterocycles. The van der Waals surface area contributed by atoms with Crippen LogP contribution in [-0.2, 0) is 6.54 Å². The molecule has 0 bridgehead atoms. The number of nitrogens with two attached hydrogens (primary N) is 1. The van der Waals surface area contributed by atoms with Gasteiger partial charge in [-0.1, -0.05) is 0 Å². The number of rotatable bonds is 0. The van der Waals surface area contributed by atoms with E-state index < -0.39 is 0 Å². The van der Waals surface area contributed by atoms with Gasteiger partial charge in [-0.05, 0) is 30.2 Å². The smallest absolute Gasteiger partial charge is 0.254 e. The molecule has 1 aliphatic heterocycles. The molecule has 0 radical (unpaired) electrons. The predicted octanol–water partition coefficient (Wildman–Crippen LogP) is 1.16. The van der Waals surface area contributed by atoms with Crippen LogP contribution in [0.4, 0.5) is 5.69 Å². The first-order valence-corrected chi connectivity index (χ1v) is 4.24. The molecule has 3 heteroatoms. The third kappa shape index (κ3) is 1.08. The lowest BCUT2D eigenvalue weighted by Gasteiger charge is -2.05. The van der Waals surface area contributed by atoms with Crippen LogP contribution >= 0.6 is 0 Å². The largest absolute Gasteiger partial charge is 0.399 e. The summed E-state index contributed by atoms with van der Waals surface area (Å²) < 4.78 is 0. The highest BCUT2D eigenvalue weighted by Gasteiger charge is 2.26. The number of carbonyl (C=O) groups is 1. The first-order valence-electron chi connectivity index (χ1n) is 4.24. The zero-order valence-electron chi connectivity index (χ0n) is 7.79. The summed E-state index contributed by atoms with van der Waals surface area (Å²) in [5.74, 6) is 0.104. The predicted molar refractivity (Wildman–Crippen MR) is 51.4 cm³/mol. The number of hydrogen-bond donors (Lipinski definition) is 1. The van der Waals surface area contributed by atoms with Crippen molar-refractivity contribution in [2.75, 3.05) is 12.8 Å². The second kappa shape index (κ2) is 2.49. The Labute approximate surface area is 77.1 Å². The van der Waals surface area contributed by atoms with Crippen molar-refractivity contribution < 1.29 is 4.79 Å². The van der Waals surface area contributed by atoms with E-state index in [9.17, 15) is 4.79 Å². The molecule has 1 aromatic carbocycles. The van der Waals surface area contributed by atoms with E-state index in [1.54, 1.807) is 11.9 Å². The second-order valence-corrected chi connectivity index (χ2v) is 3.53. The summed E-state index contributed by atoms with van der Waals surface area (Å²) in [5, 5.41) is 0. The number of aryl methyl sites for hydroxylation is 1. The number of nitrogen functional groups attached to an aromatic ring is 1. The van der Waals surface area contributed by atoms with E-state index in [0.29, 0.717) is 6.54 Å². The molecule has 0 spiro atoms. The Morgan fingerprint density at radius 2 is 2.15 bits per heavy atom. The van der Waals surface area contributed by atoms with Crippen molar-refractivity contribution in [3.63, 3.8) is 0 Å². The number of amides is 1. The molecule has 68 valence electrons. The minimum atomic E-state index is 0.104. The van der Waals surface area contributed by atoms with Crippen LogP contribution in [0.1, 0.15) is 21.5 Å². The van der Waals surface area contributed by atoms with Gasteiger partial charge < -0.3 is 10.6 Å². The molecule has 0 saturated carbocycles. The Morgan fingerprint density at radius 1 is 1.46 bits per heavy atom. The highest BCUT2D eigenvalue weighted by molar-refractivity contribution is 6.00. The van der Waals surface area contributed by atoms with Crippen LogP contribution in [-0.4, -0.2) is 17.9 Å². The van der Waals surface area contributed by atoms with Gasteiger partial charge in [-0.3, -0.25) is 4.79 Å². The van der Waals surface area contributed by atoms with E-state index in [-0.39, 0.29) is 5.91 Å². The molecule has 1 aliphatic rings. The summed E-state index contributed by atoms with van der Waals surface area (Å²) in [6, 6.07) is 3.72. The maximum Gasteiger partial charge on any atom is 0.254 e. The summed E-state index contributed by atoms with van der Waals surface area (Å²) in [6.07, 6.45) is 0. The van der Waals surface area contributed by atoms with E-state index in [0.717, 1.165) is 22.4 Å². The average molecular weight is 176 g/mol. The standard InChI is InChI=1S/C10H12N2O/c1-6-3-8(11)4-7-5-12(2)10(13)9(6)7/h3-4H,5,11H2,1-2H3. The number of anilines is 1. The summed E-state index contributed by atoms with van der Waals surface area (Å²) in [7, 11) is 1.80. The van der Waals surface area contributed by atoms with Gasteiger partial charge in [0.25, 0.3) is 5.91 Å².